The molecular weight excluding hydrogens is 797 g/mol. The zero-order valence-corrected chi connectivity index (χ0v) is 35.9. The summed E-state index contributed by atoms with van der Waals surface area (Å²) in [5.74, 6) is 3.27. The van der Waals surface area contributed by atoms with Crippen LogP contribution in [0.25, 0.3) is 56.0 Å². The number of aryl methyl sites for hydroxylation is 4. The van der Waals surface area contributed by atoms with Crippen molar-refractivity contribution in [3.05, 3.63) is 128 Å². The van der Waals surface area contributed by atoms with Crippen LogP contribution in [0.1, 0.15) is 27.0 Å². The summed E-state index contributed by atoms with van der Waals surface area (Å²) in [5.41, 5.74) is 5.81. The maximum Gasteiger partial charge on any atom is 0.350 e. The van der Waals surface area contributed by atoms with E-state index in [1.165, 1.54) is 42.9 Å². The van der Waals surface area contributed by atoms with Crippen molar-refractivity contribution in [3.8, 4) is 68.3 Å². The maximum absolute atomic E-state index is 13.8. The number of methoxy groups -OCH3 is 6. The van der Waals surface area contributed by atoms with Crippen molar-refractivity contribution >= 4 is 28.0 Å². The van der Waals surface area contributed by atoms with Gasteiger partial charge in [0.2, 0.25) is 22.9 Å². The first kappa shape index (κ1) is 42.3. The van der Waals surface area contributed by atoms with Crippen molar-refractivity contribution in [2.24, 2.45) is 14.1 Å². The molecule has 8 aromatic rings. The van der Waals surface area contributed by atoms with Gasteiger partial charge in [0.1, 0.15) is 11.5 Å². The van der Waals surface area contributed by atoms with E-state index in [2.05, 4.69) is 9.97 Å². The molecule has 0 unspecified atom stereocenters. The predicted octanol–water partition coefficient (Wildman–Crippen LogP) is 7.95. The number of nitrogens with zero attached hydrogens (tertiary/aromatic N) is 4. The average Bonchev–Trinajstić information content (AvgIpc) is 3.88. The Bertz CT molecular complexity index is 3040. The lowest BCUT2D eigenvalue weighted by Gasteiger charge is -2.14. The molecule has 0 spiro atoms. The first-order valence-electron chi connectivity index (χ1n) is 19.1. The van der Waals surface area contributed by atoms with E-state index in [0.717, 1.165) is 27.8 Å². The fourth-order valence-electron chi connectivity index (χ4n) is 7.10. The minimum Gasteiger partial charge on any atom is -0.493 e. The smallest absolute Gasteiger partial charge is 0.350 e. The molecule has 15 heteroatoms. The Morgan fingerprint density at radius 3 is 1.39 bits per heavy atom. The highest BCUT2D eigenvalue weighted by Crippen LogP contribution is 2.47. The lowest BCUT2D eigenvalue weighted by molar-refractivity contribution is 0.103. The van der Waals surface area contributed by atoms with Crippen molar-refractivity contribution in [1.29, 1.82) is 0 Å². The number of rotatable bonds is 11. The fourth-order valence-corrected chi connectivity index (χ4v) is 7.10. The number of hydrogen-bond acceptors (Lipinski definition) is 13. The first-order valence-corrected chi connectivity index (χ1v) is 19.1. The van der Waals surface area contributed by atoms with Crippen molar-refractivity contribution in [2.45, 2.75) is 13.8 Å². The van der Waals surface area contributed by atoms with E-state index in [9.17, 15) is 14.4 Å². The molecule has 4 aromatic carbocycles. The molecule has 0 bridgehead atoms. The standard InChI is InChI=1S/C24H22N2O6.C23H22N2O5/c1-13-6-8-14(9-7-13)21-19(16-12-25-24(28)26(2)23(16)32-21)20(27)15-10-17(29-3)22(31-5)18(11-15)30-4;1-13-6-8-14(9-7-13)20-19(16-12-24-23(26)25(2)22(16)30-20)15-10-17(27-3)21(29-5)18(11-15)28-4/h6-12H,1-5H3;6-12H,1-5H3. The van der Waals surface area contributed by atoms with Crippen molar-refractivity contribution in [3.63, 3.8) is 0 Å². The molecule has 0 atom stereocenters. The van der Waals surface area contributed by atoms with Crippen LogP contribution in [0.2, 0.25) is 0 Å². The number of fused-ring (bicyclic) bond motifs is 2. The number of ether oxygens (including phenoxy) is 6. The molecule has 0 aliphatic rings. The second-order valence-corrected chi connectivity index (χ2v) is 14.1. The van der Waals surface area contributed by atoms with Crippen LogP contribution in [0, 0.1) is 13.8 Å². The Morgan fingerprint density at radius 1 is 0.532 bits per heavy atom. The third kappa shape index (κ3) is 7.59. The average molecular weight is 841 g/mol. The Balaban J connectivity index is 0.000000187. The van der Waals surface area contributed by atoms with Gasteiger partial charge in [-0.3, -0.25) is 13.9 Å². The number of aromatic nitrogens is 4. The molecule has 0 fully saturated rings. The van der Waals surface area contributed by atoms with Crippen LogP contribution in [0.4, 0.5) is 0 Å². The summed E-state index contributed by atoms with van der Waals surface area (Å²) >= 11 is 0. The number of carbonyl (C=O) groups is 1. The molecule has 0 N–H and O–H groups in total. The predicted molar refractivity (Wildman–Crippen MR) is 233 cm³/mol. The lowest BCUT2D eigenvalue weighted by Crippen LogP contribution is -2.19. The SMILES string of the molecule is COc1cc(-c2c(-c3ccc(C)cc3)oc3c2cnc(=O)n3C)cc(OC)c1OC.COc1cc(C(=O)c2c(-c3ccc(C)cc3)oc3c2cnc(=O)n3C)cc(OC)c1OC. The number of carbonyl (C=O) groups excluding carboxylic acids is 1. The minimum atomic E-state index is -0.478. The summed E-state index contributed by atoms with van der Waals surface area (Å²) in [7, 11) is 12.3. The van der Waals surface area contributed by atoms with Gasteiger partial charge in [0.15, 0.2) is 28.8 Å². The van der Waals surface area contributed by atoms with Gasteiger partial charge >= 0.3 is 11.4 Å². The van der Waals surface area contributed by atoms with Crippen molar-refractivity contribution in [1.82, 2.24) is 19.1 Å². The normalized spacial score (nSPS) is 10.9. The number of hydrogen-bond donors (Lipinski definition) is 0. The second-order valence-electron chi connectivity index (χ2n) is 14.1. The highest BCUT2D eigenvalue weighted by Gasteiger charge is 2.28. The molecule has 62 heavy (non-hydrogen) atoms. The molecule has 0 saturated heterocycles. The van der Waals surface area contributed by atoms with Gasteiger partial charge in [0.25, 0.3) is 0 Å². The zero-order valence-electron chi connectivity index (χ0n) is 35.9. The molecule has 4 aromatic heterocycles. The van der Waals surface area contributed by atoms with Crippen LogP contribution in [-0.4, -0.2) is 67.5 Å². The minimum absolute atomic E-state index is 0.261. The van der Waals surface area contributed by atoms with Crippen LogP contribution in [0.5, 0.6) is 34.5 Å². The van der Waals surface area contributed by atoms with E-state index in [0.29, 0.717) is 79.2 Å². The lowest BCUT2D eigenvalue weighted by atomic mass is 9.97. The third-order valence-corrected chi connectivity index (χ3v) is 10.4. The van der Waals surface area contributed by atoms with Gasteiger partial charge in [0.05, 0.1) is 59.0 Å². The summed E-state index contributed by atoms with van der Waals surface area (Å²) < 4.78 is 47.6. The van der Waals surface area contributed by atoms with E-state index in [-0.39, 0.29) is 17.2 Å². The highest BCUT2D eigenvalue weighted by molar-refractivity contribution is 6.19. The molecule has 0 aliphatic heterocycles. The van der Waals surface area contributed by atoms with Crippen LogP contribution < -0.4 is 39.8 Å². The molecule has 8 rings (SSSR count). The van der Waals surface area contributed by atoms with Crippen LogP contribution in [-0.2, 0) is 14.1 Å². The van der Waals surface area contributed by atoms with Gasteiger partial charge in [-0.05, 0) is 43.7 Å². The molecule has 0 amide bonds. The van der Waals surface area contributed by atoms with Crippen molar-refractivity contribution in [2.75, 3.05) is 42.7 Å². The number of ketones is 1. The molecule has 0 radical (unpaired) electrons. The highest BCUT2D eigenvalue weighted by atomic mass is 16.5. The van der Waals surface area contributed by atoms with Gasteiger partial charge in [0, 0.05) is 48.7 Å². The Morgan fingerprint density at radius 2 is 0.935 bits per heavy atom. The van der Waals surface area contributed by atoms with Gasteiger partial charge in [-0.25, -0.2) is 19.6 Å². The zero-order chi connectivity index (χ0) is 44.4. The molecule has 4 heterocycles. The maximum atomic E-state index is 13.8. The number of furan rings is 2. The van der Waals surface area contributed by atoms with Crippen LogP contribution in [0.15, 0.2) is 104 Å². The van der Waals surface area contributed by atoms with Crippen molar-refractivity contribution < 1.29 is 42.1 Å². The largest absolute Gasteiger partial charge is 0.493 e. The van der Waals surface area contributed by atoms with E-state index < -0.39 is 5.69 Å². The quantitative estimate of drug-likeness (QED) is 0.115. The summed E-state index contributed by atoms with van der Waals surface area (Å²) in [4.78, 5) is 45.8. The van der Waals surface area contributed by atoms with Gasteiger partial charge in [-0.2, -0.15) is 0 Å². The Labute approximate surface area is 355 Å². The number of benzene rings is 4. The summed E-state index contributed by atoms with van der Waals surface area (Å²) in [5, 5.41) is 1.14. The van der Waals surface area contributed by atoms with Gasteiger partial charge in [-0.15, -0.1) is 0 Å². The van der Waals surface area contributed by atoms with E-state index in [4.69, 9.17) is 37.3 Å². The fraction of sp³-hybridized carbons (Fsp3) is 0.213. The molecule has 0 aliphatic carbocycles. The summed E-state index contributed by atoms with van der Waals surface area (Å²) in [6, 6.07) is 22.4. The van der Waals surface area contributed by atoms with Gasteiger partial charge in [-0.1, -0.05) is 59.7 Å². The third-order valence-electron chi connectivity index (χ3n) is 10.4. The van der Waals surface area contributed by atoms with Crippen LogP contribution >= 0.6 is 0 Å². The van der Waals surface area contributed by atoms with E-state index >= 15 is 0 Å². The second kappa shape index (κ2) is 17.4. The van der Waals surface area contributed by atoms with E-state index in [1.54, 1.807) is 47.6 Å². The Hall–Kier alpha value is -7.81. The first-order chi connectivity index (χ1) is 29.9. The molecule has 318 valence electrons. The molecule has 15 nitrogen and oxygen atoms in total. The topological polar surface area (TPSA) is 169 Å². The van der Waals surface area contributed by atoms with Crippen LogP contribution in [0.3, 0.4) is 0 Å². The molecular formula is C47H44N4O11. The summed E-state index contributed by atoms with van der Waals surface area (Å²) in [6.45, 7) is 3.99. The molecule has 0 saturated carbocycles. The van der Waals surface area contributed by atoms with E-state index in [1.807, 2.05) is 74.5 Å². The monoisotopic (exact) mass is 840 g/mol. The summed E-state index contributed by atoms with van der Waals surface area (Å²) in [6.07, 6.45) is 2.90. The Kier molecular flexibility index (Phi) is 11.9. The van der Waals surface area contributed by atoms with Gasteiger partial charge < -0.3 is 37.3 Å².